The molecule has 2 rings (SSSR count). The molecule has 1 aromatic rings. The quantitative estimate of drug-likeness (QED) is 0.686. The number of methoxy groups -OCH3 is 1. The van der Waals surface area contributed by atoms with Gasteiger partial charge in [0, 0.05) is 5.92 Å². The molecular formula is C16H22O. The summed E-state index contributed by atoms with van der Waals surface area (Å²) in [5.41, 5.74) is 2.78. The minimum absolute atomic E-state index is 0.397. The first-order chi connectivity index (χ1) is 8.13. The summed E-state index contributed by atoms with van der Waals surface area (Å²) in [4.78, 5) is 0. The fraction of sp³-hybridized carbons (Fsp3) is 0.500. The number of rotatable bonds is 5. The van der Waals surface area contributed by atoms with E-state index < -0.39 is 0 Å². The van der Waals surface area contributed by atoms with Gasteiger partial charge in [-0.1, -0.05) is 43.3 Å². The van der Waals surface area contributed by atoms with Crippen molar-refractivity contribution in [2.75, 3.05) is 7.11 Å². The highest BCUT2D eigenvalue weighted by Gasteiger charge is 2.37. The standard InChI is InChI=1S/C16H22O/c1-11-6-5-7-15(10-11)16(14-8-9-14)12(2)13(3)17-4/h5-7,10,12,14,16H,3,8-9H2,1-2,4H3/t12?,16-/m0/s1. The van der Waals surface area contributed by atoms with E-state index >= 15 is 0 Å². The van der Waals surface area contributed by atoms with Crippen LogP contribution >= 0.6 is 0 Å². The Morgan fingerprint density at radius 1 is 1.41 bits per heavy atom. The number of benzene rings is 1. The monoisotopic (exact) mass is 230 g/mol. The molecular weight excluding hydrogens is 208 g/mol. The van der Waals surface area contributed by atoms with Gasteiger partial charge in [0.05, 0.1) is 12.9 Å². The molecule has 0 amide bonds. The number of ether oxygens (including phenoxy) is 1. The van der Waals surface area contributed by atoms with Crippen LogP contribution < -0.4 is 0 Å². The summed E-state index contributed by atoms with van der Waals surface area (Å²) < 4.78 is 5.33. The third kappa shape index (κ3) is 2.71. The maximum absolute atomic E-state index is 5.33. The first-order valence-corrected chi connectivity index (χ1v) is 6.43. The van der Waals surface area contributed by atoms with Crippen molar-refractivity contribution >= 4 is 0 Å². The van der Waals surface area contributed by atoms with Gasteiger partial charge in [-0.05, 0) is 37.2 Å². The largest absolute Gasteiger partial charge is 0.501 e. The van der Waals surface area contributed by atoms with Crippen molar-refractivity contribution in [2.45, 2.75) is 32.6 Å². The van der Waals surface area contributed by atoms with Crippen molar-refractivity contribution in [3.05, 3.63) is 47.7 Å². The van der Waals surface area contributed by atoms with Crippen molar-refractivity contribution in [3.8, 4) is 0 Å². The van der Waals surface area contributed by atoms with E-state index in [1.807, 2.05) is 0 Å². The van der Waals surface area contributed by atoms with E-state index in [0.717, 1.165) is 11.7 Å². The van der Waals surface area contributed by atoms with Gasteiger partial charge in [-0.25, -0.2) is 0 Å². The van der Waals surface area contributed by atoms with E-state index in [2.05, 4.69) is 44.7 Å². The molecule has 0 saturated heterocycles. The predicted octanol–water partition coefficient (Wildman–Crippen LogP) is 4.28. The van der Waals surface area contributed by atoms with Gasteiger partial charge in [-0.2, -0.15) is 0 Å². The van der Waals surface area contributed by atoms with Gasteiger partial charge in [0.2, 0.25) is 0 Å². The van der Waals surface area contributed by atoms with Crippen LogP contribution in [-0.2, 0) is 4.74 Å². The summed E-state index contributed by atoms with van der Waals surface area (Å²) in [7, 11) is 1.72. The van der Waals surface area contributed by atoms with Crippen LogP contribution in [0.3, 0.4) is 0 Å². The first kappa shape index (κ1) is 12.2. The van der Waals surface area contributed by atoms with Crippen LogP contribution in [0.2, 0.25) is 0 Å². The highest BCUT2D eigenvalue weighted by atomic mass is 16.5. The molecule has 1 aromatic carbocycles. The molecule has 0 N–H and O–H groups in total. The fourth-order valence-corrected chi connectivity index (χ4v) is 2.69. The summed E-state index contributed by atoms with van der Waals surface area (Å²) in [6, 6.07) is 8.86. The number of aryl methyl sites for hydroxylation is 1. The van der Waals surface area contributed by atoms with Gasteiger partial charge >= 0.3 is 0 Å². The van der Waals surface area contributed by atoms with Crippen LogP contribution in [0, 0.1) is 18.8 Å². The summed E-state index contributed by atoms with van der Waals surface area (Å²) in [6.07, 6.45) is 2.69. The van der Waals surface area contributed by atoms with Crippen LogP contribution in [0.25, 0.3) is 0 Å². The Morgan fingerprint density at radius 3 is 2.65 bits per heavy atom. The van der Waals surface area contributed by atoms with Crippen molar-refractivity contribution < 1.29 is 4.74 Å². The number of hydrogen-bond donors (Lipinski definition) is 0. The molecule has 0 aliphatic heterocycles. The second-order valence-electron chi connectivity index (χ2n) is 5.24. The molecule has 92 valence electrons. The van der Waals surface area contributed by atoms with Gasteiger partial charge < -0.3 is 4.74 Å². The molecule has 1 heteroatoms. The van der Waals surface area contributed by atoms with E-state index in [9.17, 15) is 0 Å². The van der Waals surface area contributed by atoms with Crippen LogP contribution in [0.5, 0.6) is 0 Å². The van der Waals surface area contributed by atoms with E-state index in [0.29, 0.717) is 11.8 Å². The average molecular weight is 230 g/mol. The molecule has 0 aromatic heterocycles. The third-order valence-electron chi connectivity index (χ3n) is 3.87. The van der Waals surface area contributed by atoms with Crippen LogP contribution in [0.4, 0.5) is 0 Å². The lowest BCUT2D eigenvalue weighted by atomic mass is 9.82. The minimum Gasteiger partial charge on any atom is -0.501 e. The molecule has 17 heavy (non-hydrogen) atoms. The van der Waals surface area contributed by atoms with Gasteiger partial charge in [-0.15, -0.1) is 0 Å². The fourth-order valence-electron chi connectivity index (χ4n) is 2.69. The number of allylic oxidation sites excluding steroid dienone is 1. The van der Waals surface area contributed by atoms with Crippen molar-refractivity contribution in [2.24, 2.45) is 11.8 Å². The predicted molar refractivity (Wildman–Crippen MR) is 72.0 cm³/mol. The highest BCUT2D eigenvalue weighted by molar-refractivity contribution is 5.29. The van der Waals surface area contributed by atoms with E-state index in [4.69, 9.17) is 4.74 Å². The molecule has 0 radical (unpaired) electrons. The second kappa shape index (κ2) is 4.95. The van der Waals surface area contributed by atoms with Gasteiger partial charge in [0.25, 0.3) is 0 Å². The Bertz CT molecular complexity index is 404. The molecule has 1 aliphatic rings. The van der Waals surface area contributed by atoms with Gasteiger partial charge in [0.15, 0.2) is 0 Å². The summed E-state index contributed by atoms with van der Waals surface area (Å²) in [5, 5.41) is 0. The summed E-state index contributed by atoms with van der Waals surface area (Å²) in [6.45, 7) is 8.42. The smallest absolute Gasteiger partial charge is 0.0918 e. The molecule has 0 bridgehead atoms. The molecule has 0 spiro atoms. The molecule has 1 nitrogen and oxygen atoms in total. The van der Waals surface area contributed by atoms with Gasteiger partial charge in [0.1, 0.15) is 0 Å². The Morgan fingerprint density at radius 2 is 2.12 bits per heavy atom. The normalized spacial score (nSPS) is 18.5. The lowest BCUT2D eigenvalue weighted by Crippen LogP contribution is -2.15. The SMILES string of the molecule is C=C(OC)C(C)[C@H](c1cccc(C)c1)C1CC1. The van der Waals surface area contributed by atoms with E-state index in [1.165, 1.54) is 24.0 Å². The zero-order valence-corrected chi connectivity index (χ0v) is 11.1. The first-order valence-electron chi connectivity index (χ1n) is 6.43. The zero-order valence-electron chi connectivity index (χ0n) is 11.1. The van der Waals surface area contributed by atoms with E-state index in [-0.39, 0.29) is 0 Å². The lowest BCUT2D eigenvalue weighted by molar-refractivity contribution is 0.229. The zero-order chi connectivity index (χ0) is 12.4. The maximum Gasteiger partial charge on any atom is 0.0918 e. The Hall–Kier alpha value is -1.24. The topological polar surface area (TPSA) is 9.23 Å². The van der Waals surface area contributed by atoms with Crippen LogP contribution in [0.1, 0.15) is 36.8 Å². The van der Waals surface area contributed by atoms with E-state index in [1.54, 1.807) is 7.11 Å². The highest BCUT2D eigenvalue weighted by Crippen LogP contribution is 2.48. The van der Waals surface area contributed by atoms with Crippen molar-refractivity contribution in [3.63, 3.8) is 0 Å². The molecule has 0 heterocycles. The Labute approximate surface area is 104 Å². The summed E-state index contributed by atoms with van der Waals surface area (Å²) >= 11 is 0. The lowest BCUT2D eigenvalue weighted by Gasteiger charge is -2.25. The molecule has 1 unspecified atom stereocenters. The molecule has 2 atom stereocenters. The third-order valence-corrected chi connectivity index (χ3v) is 3.87. The van der Waals surface area contributed by atoms with Crippen molar-refractivity contribution in [1.82, 2.24) is 0 Å². The van der Waals surface area contributed by atoms with Gasteiger partial charge in [-0.3, -0.25) is 0 Å². The average Bonchev–Trinajstić information content (AvgIpc) is 3.12. The molecule has 1 saturated carbocycles. The molecule has 1 fully saturated rings. The second-order valence-corrected chi connectivity index (χ2v) is 5.24. The molecule has 1 aliphatic carbocycles. The summed E-state index contributed by atoms with van der Waals surface area (Å²) in [5.74, 6) is 2.69. The Balaban J connectivity index is 2.26. The van der Waals surface area contributed by atoms with Crippen LogP contribution in [0.15, 0.2) is 36.6 Å². The number of hydrogen-bond acceptors (Lipinski definition) is 1. The van der Waals surface area contributed by atoms with Crippen molar-refractivity contribution in [1.29, 1.82) is 0 Å². The van der Waals surface area contributed by atoms with Crippen LogP contribution in [-0.4, -0.2) is 7.11 Å². The maximum atomic E-state index is 5.33. The minimum atomic E-state index is 0.397. The Kier molecular flexibility index (Phi) is 3.56.